The van der Waals surface area contributed by atoms with Crippen molar-refractivity contribution >= 4 is 46.5 Å². The van der Waals surface area contributed by atoms with Crippen LogP contribution in [0.25, 0.3) is 0 Å². The standard InChI is InChI=1S/C34H26Cl2N4O5/c1-21-14-22(8-11-34(2,3)39-33(43)24-9-12-40(44)13-10-24)4-6-29(21)38-31(41)20-45-30-7-5-26(35)18-28(30)32(42)25-15-23(19-37)16-27(36)17-25/h4-7,9-10,12-18H,20H2,1-3H3,(H,38,41)(H,39,43). The number of amides is 2. The van der Waals surface area contributed by atoms with E-state index in [0.717, 1.165) is 5.56 Å². The second-order valence-electron chi connectivity index (χ2n) is 10.5. The van der Waals surface area contributed by atoms with Gasteiger partial charge in [-0.2, -0.15) is 9.99 Å². The van der Waals surface area contributed by atoms with Gasteiger partial charge in [0.05, 0.1) is 28.3 Å². The summed E-state index contributed by atoms with van der Waals surface area (Å²) in [5.41, 5.74) is 1.92. The second-order valence-corrected chi connectivity index (χ2v) is 11.3. The number of ketones is 1. The summed E-state index contributed by atoms with van der Waals surface area (Å²) in [5, 5.41) is 26.6. The maximum Gasteiger partial charge on any atom is 0.262 e. The van der Waals surface area contributed by atoms with Crippen LogP contribution in [-0.2, 0) is 4.79 Å². The molecule has 0 radical (unpaired) electrons. The van der Waals surface area contributed by atoms with Crippen molar-refractivity contribution in [3.05, 3.63) is 128 Å². The van der Waals surface area contributed by atoms with Gasteiger partial charge in [0.15, 0.2) is 24.8 Å². The van der Waals surface area contributed by atoms with Crippen LogP contribution in [0.2, 0.25) is 10.0 Å². The van der Waals surface area contributed by atoms with E-state index >= 15 is 0 Å². The summed E-state index contributed by atoms with van der Waals surface area (Å²) in [7, 11) is 0. The number of anilines is 1. The maximum absolute atomic E-state index is 13.2. The molecule has 0 unspecified atom stereocenters. The highest BCUT2D eigenvalue weighted by atomic mass is 35.5. The highest BCUT2D eigenvalue weighted by Gasteiger charge is 2.20. The Kier molecular flexibility index (Phi) is 10.1. The highest BCUT2D eigenvalue weighted by Crippen LogP contribution is 2.27. The molecule has 4 rings (SSSR count). The van der Waals surface area contributed by atoms with E-state index in [2.05, 4.69) is 22.5 Å². The number of nitrogens with one attached hydrogen (secondary N) is 2. The van der Waals surface area contributed by atoms with Crippen molar-refractivity contribution in [3.8, 4) is 23.7 Å². The Balaban J connectivity index is 1.40. The van der Waals surface area contributed by atoms with Crippen LogP contribution in [-0.4, -0.2) is 29.7 Å². The summed E-state index contributed by atoms with van der Waals surface area (Å²) in [5.74, 6) is 4.91. The molecule has 3 aromatic carbocycles. The Morgan fingerprint density at radius 3 is 2.36 bits per heavy atom. The Morgan fingerprint density at radius 2 is 1.67 bits per heavy atom. The SMILES string of the molecule is Cc1cc(C#CC(C)(C)NC(=O)c2cc[n+]([O-])cc2)ccc1NC(=O)COc1ccc(Cl)cc1C(=O)c1cc(Cl)cc(C#N)c1. The van der Waals surface area contributed by atoms with Gasteiger partial charge in [-0.05, 0) is 80.9 Å². The smallest absolute Gasteiger partial charge is 0.262 e. The number of halogens is 2. The van der Waals surface area contributed by atoms with Gasteiger partial charge in [0, 0.05) is 39.0 Å². The Morgan fingerprint density at radius 1 is 0.933 bits per heavy atom. The molecule has 4 aromatic rings. The van der Waals surface area contributed by atoms with E-state index in [1.54, 1.807) is 32.0 Å². The first-order valence-electron chi connectivity index (χ1n) is 13.5. The first-order valence-corrected chi connectivity index (χ1v) is 14.2. The van der Waals surface area contributed by atoms with Crippen molar-refractivity contribution in [1.82, 2.24) is 5.32 Å². The summed E-state index contributed by atoms with van der Waals surface area (Å²) in [4.78, 5) is 38.5. The lowest BCUT2D eigenvalue weighted by Crippen LogP contribution is -2.42. The van der Waals surface area contributed by atoms with Gasteiger partial charge in [-0.3, -0.25) is 14.4 Å². The number of carbonyl (C=O) groups is 3. The zero-order valence-electron chi connectivity index (χ0n) is 24.4. The van der Waals surface area contributed by atoms with Crippen LogP contribution in [0.5, 0.6) is 5.75 Å². The number of aromatic nitrogens is 1. The summed E-state index contributed by atoms with van der Waals surface area (Å²) in [6.45, 7) is 4.93. The minimum Gasteiger partial charge on any atom is -0.619 e. The van der Waals surface area contributed by atoms with Gasteiger partial charge in [0.25, 0.3) is 11.8 Å². The number of pyridine rings is 1. The fourth-order valence-corrected chi connectivity index (χ4v) is 4.54. The summed E-state index contributed by atoms with van der Waals surface area (Å²) in [6, 6.07) is 18.8. The van der Waals surface area contributed by atoms with Crippen molar-refractivity contribution in [1.29, 1.82) is 5.26 Å². The van der Waals surface area contributed by atoms with Gasteiger partial charge in [-0.25, -0.2) is 0 Å². The van der Waals surface area contributed by atoms with E-state index in [4.69, 9.17) is 27.9 Å². The van der Waals surface area contributed by atoms with Crippen molar-refractivity contribution in [2.45, 2.75) is 26.3 Å². The van der Waals surface area contributed by atoms with Crippen LogP contribution < -0.4 is 20.1 Å². The van der Waals surface area contributed by atoms with Gasteiger partial charge in [0.1, 0.15) is 5.75 Å². The van der Waals surface area contributed by atoms with Crippen LogP contribution in [0.15, 0.2) is 79.1 Å². The lowest BCUT2D eigenvalue weighted by molar-refractivity contribution is -0.605. The number of rotatable bonds is 8. The molecule has 0 aliphatic heterocycles. The van der Waals surface area contributed by atoms with Crippen molar-refractivity contribution in [3.63, 3.8) is 0 Å². The van der Waals surface area contributed by atoms with Crippen molar-refractivity contribution < 1.29 is 23.9 Å². The summed E-state index contributed by atoms with van der Waals surface area (Å²) in [6.07, 6.45) is 2.49. The van der Waals surface area contributed by atoms with E-state index < -0.39 is 23.8 Å². The molecule has 0 bridgehead atoms. The molecule has 0 fully saturated rings. The predicted octanol–water partition coefficient (Wildman–Crippen LogP) is 5.62. The monoisotopic (exact) mass is 640 g/mol. The van der Waals surface area contributed by atoms with Crippen LogP contribution in [0, 0.1) is 35.3 Å². The Hall–Kier alpha value is -5.35. The third-order valence-corrected chi connectivity index (χ3v) is 6.80. The number of benzene rings is 3. The lowest BCUT2D eigenvalue weighted by Gasteiger charge is -2.19. The fraction of sp³-hybridized carbons (Fsp3) is 0.147. The van der Waals surface area contributed by atoms with Crippen LogP contribution in [0.1, 0.15) is 56.8 Å². The van der Waals surface area contributed by atoms with E-state index in [1.807, 2.05) is 13.0 Å². The molecule has 0 saturated heterocycles. The minimum atomic E-state index is -0.870. The molecule has 11 heteroatoms. The van der Waals surface area contributed by atoms with Crippen molar-refractivity contribution in [2.24, 2.45) is 0 Å². The topological polar surface area (TPSA) is 135 Å². The third-order valence-electron chi connectivity index (χ3n) is 6.34. The summed E-state index contributed by atoms with van der Waals surface area (Å²) < 4.78 is 6.30. The number of hydrogen-bond donors (Lipinski definition) is 2. The summed E-state index contributed by atoms with van der Waals surface area (Å²) >= 11 is 12.2. The zero-order chi connectivity index (χ0) is 32.7. The molecule has 1 heterocycles. The molecular weight excluding hydrogens is 615 g/mol. The first kappa shape index (κ1) is 32.6. The molecule has 0 atom stereocenters. The van der Waals surface area contributed by atoms with Gasteiger partial charge in [-0.15, -0.1) is 0 Å². The van der Waals surface area contributed by atoms with E-state index in [-0.39, 0.29) is 38.4 Å². The van der Waals surface area contributed by atoms with Crippen molar-refractivity contribution in [2.75, 3.05) is 11.9 Å². The molecule has 45 heavy (non-hydrogen) atoms. The quantitative estimate of drug-likeness (QED) is 0.111. The number of nitrogens with zero attached hydrogens (tertiary/aromatic N) is 2. The molecule has 2 amide bonds. The van der Waals surface area contributed by atoms with Gasteiger partial charge < -0.3 is 20.6 Å². The Labute approximate surface area is 269 Å². The normalized spacial score (nSPS) is 10.6. The number of nitriles is 1. The lowest BCUT2D eigenvalue weighted by atomic mass is 10.0. The molecule has 226 valence electrons. The first-order chi connectivity index (χ1) is 21.3. The van der Waals surface area contributed by atoms with Gasteiger partial charge >= 0.3 is 0 Å². The van der Waals surface area contributed by atoms with Crippen LogP contribution in [0.3, 0.4) is 0 Å². The van der Waals surface area contributed by atoms with Gasteiger partial charge in [0.2, 0.25) is 0 Å². The average Bonchev–Trinajstić information content (AvgIpc) is 3.00. The molecule has 2 N–H and O–H groups in total. The largest absolute Gasteiger partial charge is 0.619 e. The predicted molar refractivity (Wildman–Crippen MR) is 170 cm³/mol. The molecule has 0 spiro atoms. The average molecular weight is 642 g/mol. The molecular formula is C34H26Cl2N4O5. The molecule has 0 saturated carbocycles. The zero-order valence-corrected chi connectivity index (χ0v) is 25.9. The van der Waals surface area contributed by atoms with E-state index in [9.17, 15) is 24.9 Å². The Bertz CT molecular complexity index is 1900. The molecule has 9 nitrogen and oxygen atoms in total. The van der Waals surface area contributed by atoms with Gasteiger partial charge in [-0.1, -0.05) is 35.0 Å². The molecule has 0 aliphatic carbocycles. The van der Waals surface area contributed by atoms with E-state index in [0.29, 0.717) is 21.5 Å². The van der Waals surface area contributed by atoms with E-state index in [1.165, 1.54) is 60.9 Å². The minimum absolute atomic E-state index is 0.110. The second kappa shape index (κ2) is 14.0. The number of ether oxygens (including phenoxy) is 1. The maximum atomic E-state index is 13.2. The number of aryl methyl sites for hydroxylation is 1. The fourth-order valence-electron chi connectivity index (χ4n) is 4.14. The number of hydrogen-bond acceptors (Lipinski definition) is 6. The third kappa shape index (κ3) is 8.84. The van der Waals surface area contributed by atoms with Crippen LogP contribution in [0.4, 0.5) is 5.69 Å². The molecule has 1 aromatic heterocycles. The van der Waals surface area contributed by atoms with Crippen LogP contribution >= 0.6 is 23.2 Å². The molecule has 0 aliphatic rings. The highest BCUT2D eigenvalue weighted by molar-refractivity contribution is 6.32. The number of carbonyl (C=O) groups excluding carboxylic acids is 3.